The van der Waals surface area contributed by atoms with Crippen LogP contribution in [0.3, 0.4) is 0 Å². The quantitative estimate of drug-likeness (QED) is 0.210. The molecule has 0 spiro atoms. The van der Waals surface area contributed by atoms with Crippen LogP contribution in [0.2, 0.25) is 0 Å². The van der Waals surface area contributed by atoms with Crippen molar-refractivity contribution < 1.29 is 4.74 Å². The van der Waals surface area contributed by atoms with Gasteiger partial charge in [-0.3, -0.25) is 0 Å². The van der Waals surface area contributed by atoms with Crippen LogP contribution < -0.4 is 0 Å². The van der Waals surface area contributed by atoms with Crippen LogP contribution in [-0.2, 0) is 4.74 Å². The first-order valence-electron chi connectivity index (χ1n) is 1.97. The third kappa shape index (κ3) is 0.824. The molecule has 0 bridgehead atoms. The van der Waals surface area contributed by atoms with Crippen molar-refractivity contribution in [3.8, 4) is 0 Å². The Kier molecular flexibility index (Phi) is 0.708. The van der Waals surface area contributed by atoms with E-state index in [2.05, 4.69) is 10.0 Å². The summed E-state index contributed by atoms with van der Waals surface area (Å²) in [6, 6.07) is 0. The molecule has 0 radical (unpaired) electrons. The molecule has 0 amide bonds. The van der Waals surface area contributed by atoms with Crippen LogP contribution in [0.5, 0.6) is 0 Å². The van der Waals surface area contributed by atoms with Gasteiger partial charge in [-0.05, 0) is 12.5 Å². The van der Waals surface area contributed by atoms with Crippen molar-refractivity contribution in [2.75, 3.05) is 6.61 Å². The number of ether oxygens (including phenoxy) is 1. The van der Waals surface area contributed by atoms with Gasteiger partial charge in [0, 0.05) is 4.91 Å². The minimum absolute atomic E-state index is 0.491. The standard InChI is InChI=1S/C3H5N3O/c1-3(2-7-3)5-6-4/h2H2,1H3. The fourth-order valence-electron chi connectivity index (χ4n) is 0.257. The zero-order valence-electron chi connectivity index (χ0n) is 3.96. The molecule has 0 aromatic rings. The monoisotopic (exact) mass is 99.0 g/mol. The van der Waals surface area contributed by atoms with Crippen molar-refractivity contribution in [2.24, 2.45) is 5.11 Å². The first kappa shape index (κ1) is 4.43. The van der Waals surface area contributed by atoms with Gasteiger partial charge in [0.1, 0.15) is 0 Å². The Labute approximate surface area is 40.7 Å². The molecule has 0 saturated carbocycles. The Balaban J connectivity index is 2.55. The summed E-state index contributed by atoms with van der Waals surface area (Å²) in [5.74, 6) is 0. The highest BCUT2D eigenvalue weighted by atomic mass is 16.6. The fourth-order valence-corrected chi connectivity index (χ4v) is 0.257. The van der Waals surface area contributed by atoms with E-state index < -0.39 is 5.72 Å². The van der Waals surface area contributed by atoms with E-state index in [0.29, 0.717) is 6.61 Å². The zero-order chi connectivity index (χ0) is 5.33. The maximum absolute atomic E-state index is 7.82. The highest BCUT2D eigenvalue weighted by molar-refractivity contribution is 4.83. The highest BCUT2D eigenvalue weighted by Gasteiger charge is 2.37. The molecule has 0 aromatic heterocycles. The topological polar surface area (TPSA) is 61.3 Å². The average Bonchev–Trinajstić information content (AvgIpc) is 2.22. The van der Waals surface area contributed by atoms with E-state index in [1.807, 2.05) is 0 Å². The number of rotatable bonds is 1. The number of nitrogens with zero attached hydrogens (tertiary/aromatic N) is 3. The minimum Gasteiger partial charge on any atom is -0.364 e. The predicted molar refractivity (Wildman–Crippen MR) is 23.5 cm³/mol. The average molecular weight is 99.1 g/mol. The maximum atomic E-state index is 7.82. The molecule has 1 unspecified atom stereocenters. The van der Waals surface area contributed by atoms with E-state index in [9.17, 15) is 0 Å². The first-order chi connectivity index (χ1) is 3.27. The molecule has 1 rings (SSSR count). The lowest BCUT2D eigenvalue weighted by molar-refractivity contribution is 0.331. The summed E-state index contributed by atoms with van der Waals surface area (Å²) in [6.07, 6.45) is 0. The summed E-state index contributed by atoms with van der Waals surface area (Å²) in [7, 11) is 0. The Morgan fingerprint density at radius 3 is 2.71 bits per heavy atom. The molecule has 1 aliphatic rings. The van der Waals surface area contributed by atoms with Crippen molar-refractivity contribution in [2.45, 2.75) is 12.6 Å². The molecule has 7 heavy (non-hydrogen) atoms. The first-order valence-corrected chi connectivity index (χ1v) is 1.97. The number of hydrogen-bond acceptors (Lipinski definition) is 2. The van der Waals surface area contributed by atoms with E-state index >= 15 is 0 Å². The Hall–Kier alpha value is -0.730. The molecule has 1 saturated heterocycles. The highest BCUT2D eigenvalue weighted by Crippen LogP contribution is 2.26. The molecule has 38 valence electrons. The van der Waals surface area contributed by atoms with Crippen molar-refractivity contribution in [1.82, 2.24) is 0 Å². The zero-order valence-corrected chi connectivity index (χ0v) is 3.96. The van der Waals surface area contributed by atoms with E-state index in [4.69, 9.17) is 10.3 Å². The predicted octanol–water partition coefficient (Wildman–Crippen LogP) is 1.04. The van der Waals surface area contributed by atoms with Crippen LogP contribution >= 0.6 is 0 Å². The summed E-state index contributed by atoms with van der Waals surface area (Å²) in [5.41, 5.74) is 7.33. The van der Waals surface area contributed by atoms with Gasteiger partial charge in [0.2, 0.25) is 0 Å². The summed E-state index contributed by atoms with van der Waals surface area (Å²) >= 11 is 0. The summed E-state index contributed by atoms with van der Waals surface area (Å²) < 4.78 is 4.72. The van der Waals surface area contributed by atoms with Crippen molar-refractivity contribution >= 4 is 0 Å². The van der Waals surface area contributed by atoms with E-state index in [1.54, 1.807) is 6.92 Å². The second-order valence-corrected chi connectivity index (χ2v) is 1.65. The summed E-state index contributed by atoms with van der Waals surface area (Å²) in [5, 5.41) is 3.33. The maximum Gasteiger partial charge on any atom is 0.167 e. The third-order valence-corrected chi connectivity index (χ3v) is 0.818. The molecular weight excluding hydrogens is 94.1 g/mol. The molecule has 1 heterocycles. The second-order valence-electron chi connectivity index (χ2n) is 1.65. The van der Waals surface area contributed by atoms with Crippen LogP contribution in [0.25, 0.3) is 10.4 Å². The lowest BCUT2D eigenvalue weighted by Crippen LogP contribution is -1.94. The van der Waals surface area contributed by atoms with Gasteiger partial charge < -0.3 is 4.74 Å². The lowest BCUT2D eigenvalue weighted by atomic mass is 10.4. The van der Waals surface area contributed by atoms with Crippen LogP contribution in [-0.4, -0.2) is 12.3 Å². The van der Waals surface area contributed by atoms with Crippen LogP contribution in [0.1, 0.15) is 6.92 Å². The molecule has 0 aliphatic carbocycles. The SMILES string of the molecule is CC1(N=[N+]=[N-])CO1. The second kappa shape index (κ2) is 1.12. The van der Waals surface area contributed by atoms with Gasteiger partial charge in [0.25, 0.3) is 0 Å². The molecule has 0 N–H and O–H groups in total. The van der Waals surface area contributed by atoms with Crippen LogP contribution in [0.15, 0.2) is 5.11 Å². The van der Waals surface area contributed by atoms with Gasteiger partial charge >= 0.3 is 0 Å². The lowest BCUT2D eigenvalue weighted by Gasteiger charge is -1.83. The van der Waals surface area contributed by atoms with E-state index in [-0.39, 0.29) is 0 Å². The van der Waals surface area contributed by atoms with Crippen molar-refractivity contribution in [1.29, 1.82) is 0 Å². The van der Waals surface area contributed by atoms with Gasteiger partial charge in [-0.25, -0.2) is 0 Å². The van der Waals surface area contributed by atoms with Crippen molar-refractivity contribution in [3.63, 3.8) is 0 Å². The number of hydrogen-bond donors (Lipinski definition) is 0. The number of epoxide rings is 1. The largest absolute Gasteiger partial charge is 0.364 e. The van der Waals surface area contributed by atoms with E-state index in [1.165, 1.54) is 0 Å². The summed E-state index contributed by atoms with van der Waals surface area (Å²) in [6.45, 7) is 2.31. The number of azide groups is 1. The van der Waals surface area contributed by atoms with Crippen molar-refractivity contribution in [3.05, 3.63) is 10.4 Å². The third-order valence-electron chi connectivity index (χ3n) is 0.818. The molecular formula is C3H5N3O. The Morgan fingerprint density at radius 2 is 2.57 bits per heavy atom. The molecule has 1 fully saturated rings. The van der Waals surface area contributed by atoms with Gasteiger partial charge in [-0.15, -0.1) is 0 Å². The van der Waals surface area contributed by atoms with Crippen LogP contribution in [0.4, 0.5) is 0 Å². The van der Waals surface area contributed by atoms with Gasteiger partial charge in [-0.2, -0.15) is 0 Å². The Bertz CT molecular complexity index is 122. The normalized spacial score (nSPS) is 36.7. The molecule has 0 aromatic carbocycles. The fraction of sp³-hybridized carbons (Fsp3) is 1.00. The minimum atomic E-state index is -0.491. The molecule has 4 nitrogen and oxygen atoms in total. The van der Waals surface area contributed by atoms with Crippen LogP contribution in [0, 0.1) is 0 Å². The smallest absolute Gasteiger partial charge is 0.167 e. The Morgan fingerprint density at radius 1 is 2.00 bits per heavy atom. The molecule has 4 heteroatoms. The van der Waals surface area contributed by atoms with Gasteiger partial charge in [0.15, 0.2) is 5.72 Å². The van der Waals surface area contributed by atoms with Gasteiger partial charge in [0.05, 0.1) is 6.61 Å². The van der Waals surface area contributed by atoms with Gasteiger partial charge in [-0.1, -0.05) is 5.11 Å². The summed E-state index contributed by atoms with van der Waals surface area (Å²) in [4.78, 5) is 2.57. The molecule has 1 atom stereocenters. The molecule has 1 aliphatic heterocycles. The van der Waals surface area contributed by atoms with E-state index in [0.717, 1.165) is 0 Å².